The van der Waals surface area contributed by atoms with Crippen LogP contribution in [0, 0.1) is 10.1 Å². The fraction of sp³-hybridized carbons (Fsp3) is 0.700. The summed E-state index contributed by atoms with van der Waals surface area (Å²) < 4.78 is 5.18. The molecule has 0 amide bonds. The highest BCUT2D eigenvalue weighted by Gasteiger charge is 2.70. The lowest BCUT2D eigenvalue weighted by Gasteiger charge is -2.33. The number of alkyl halides is 1. The molecule has 0 aromatic carbocycles. The Hall–Kier alpha value is -1.70. The first-order valence-corrected chi connectivity index (χ1v) is 6.85. The van der Waals surface area contributed by atoms with E-state index in [1.165, 1.54) is 0 Å². The maximum Gasteiger partial charge on any atom is 0.441 e. The van der Waals surface area contributed by atoms with Crippen LogP contribution < -0.4 is 5.73 Å². The van der Waals surface area contributed by atoms with Crippen LogP contribution in [0.3, 0.4) is 0 Å². The number of hydrogen-bond donors (Lipinski definition) is 4. The van der Waals surface area contributed by atoms with E-state index in [-0.39, 0.29) is 18.2 Å². The molecule has 0 aromatic heterocycles. The second-order valence-electron chi connectivity index (χ2n) is 5.14. The molecular weight excluding hydrogens is 336 g/mol. The highest BCUT2D eigenvalue weighted by Crippen LogP contribution is 2.38. The van der Waals surface area contributed by atoms with E-state index in [0.29, 0.717) is 0 Å². The summed E-state index contributed by atoms with van der Waals surface area (Å²) in [7, 11) is 0. The molecule has 0 aromatic rings. The zero-order valence-electron chi connectivity index (χ0n) is 11.5. The van der Waals surface area contributed by atoms with E-state index >= 15 is 0 Å². The van der Waals surface area contributed by atoms with Crippen LogP contribution in [-0.4, -0.2) is 85.6 Å². The number of rotatable bonds is 3. The largest absolute Gasteiger partial charge is 0.441 e. The van der Waals surface area contributed by atoms with Gasteiger partial charge in [-0.2, -0.15) is 0 Å². The summed E-state index contributed by atoms with van der Waals surface area (Å²) in [6.45, 7) is -1.06. The number of hydrogen-bond acceptors (Lipinski definition) is 11. The minimum absolute atomic E-state index is 0.0272. The quantitative estimate of drug-likeness (QED) is 0.180. The summed E-state index contributed by atoms with van der Waals surface area (Å²) in [5.74, 6) is -2.69. The third-order valence-corrected chi connectivity index (χ3v) is 4.11. The molecule has 0 spiro atoms. The molecule has 12 nitrogen and oxygen atoms in total. The van der Waals surface area contributed by atoms with Gasteiger partial charge in [0.15, 0.2) is 5.84 Å². The van der Waals surface area contributed by atoms with Gasteiger partial charge in [-0.3, -0.25) is 25.6 Å². The normalized spacial score (nSPS) is 42.5. The lowest BCUT2D eigenvalue weighted by Crippen LogP contribution is -2.64. The van der Waals surface area contributed by atoms with Crippen molar-refractivity contribution < 1.29 is 25.0 Å². The smallest absolute Gasteiger partial charge is 0.394 e. The number of amidine groups is 1. The van der Waals surface area contributed by atoms with Crippen LogP contribution in [0.5, 0.6) is 0 Å². The number of ether oxygens (including phenoxy) is 1. The van der Waals surface area contributed by atoms with Crippen molar-refractivity contribution in [3.8, 4) is 0 Å². The van der Waals surface area contributed by atoms with Crippen LogP contribution in [0.2, 0.25) is 0 Å². The Morgan fingerprint density at radius 1 is 1.61 bits per heavy atom. The molecule has 1 fully saturated rings. The van der Waals surface area contributed by atoms with E-state index < -0.39 is 40.8 Å². The standard InChI is InChI=1S/C10H13ClN6O6/c11-9(12)6-8(13-2-15-9)16(3-14-6)10(17(21)22)7(20)5(19)4(1-18)23-10/h2,4-5,7,18-20H,1,3,12H2/t4-,5-,7-,9?,10-/m1/s1. The Kier molecular flexibility index (Phi) is 3.62. The molecule has 23 heavy (non-hydrogen) atoms. The van der Waals surface area contributed by atoms with Gasteiger partial charge >= 0.3 is 5.85 Å². The molecule has 13 heteroatoms. The maximum absolute atomic E-state index is 11.6. The van der Waals surface area contributed by atoms with Gasteiger partial charge in [-0.1, -0.05) is 11.6 Å². The van der Waals surface area contributed by atoms with E-state index in [1.807, 2.05) is 0 Å². The van der Waals surface area contributed by atoms with Gasteiger partial charge < -0.3 is 15.3 Å². The van der Waals surface area contributed by atoms with Gasteiger partial charge in [-0.25, -0.2) is 14.9 Å². The minimum atomic E-state index is -2.59. The van der Waals surface area contributed by atoms with E-state index in [1.54, 1.807) is 0 Å². The Morgan fingerprint density at radius 3 is 2.87 bits per heavy atom. The number of aliphatic hydroxyl groups excluding tert-OH is 3. The fourth-order valence-corrected chi connectivity index (χ4v) is 2.88. The molecular formula is C10H13ClN6O6. The van der Waals surface area contributed by atoms with Crippen molar-refractivity contribution in [1.29, 1.82) is 0 Å². The molecule has 0 radical (unpaired) electrons. The summed E-state index contributed by atoms with van der Waals surface area (Å²) in [6, 6.07) is 0. The van der Waals surface area contributed by atoms with Crippen LogP contribution in [0.4, 0.5) is 0 Å². The average Bonchev–Trinajstić information content (AvgIpc) is 3.02. The van der Waals surface area contributed by atoms with Crippen molar-refractivity contribution in [3.63, 3.8) is 0 Å². The first-order chi connectivity index (χ1) is 10.8. The number of aliphatic hydroxyl groups is 3. The number of nitrogens with zero attached hydrogens (tertiary/aromatic N) is 5. The molecule has 3 aliphatic rings. The summed E-state index contributed by atoms with van der Waals surface area (Å²) in [4.78, 5) is 23.2. The molecule has 0 saturated carbocycles. The van der Waals surface area contributed by atoms with Crippen LogP contribution in [0.15, 0.2) is 15.0 Å². The van der Waals surface area contributed by atoms with Gasteiger partial charge in [-0.15, -0.1) is 0 Å². The molecule has 1 saturated heterocycles. The Balaban J connectivity index is 2.04. The van der Waals surface area contributed by atoms with E-state index in [4.69, 9.17) is 27.2 Å². The van der Waals surface area contributed by atoms with Crippen LogP contribution >= 0.6 is 11.6 Å². The highest BCUT2D eigenvalue weighted by atomic mass is 35.5. The van der Waals surface area contributed by atoms with Crippen LogP contribution in [0.25, 0.3) is 0 Å². The van der Waals surface area contributed by atoms with Crippen molar-refractivity contribution in [3.05, 3.63) is 10.1 Å². The summed E-state index contributed by atoms with van der Waals surface area (Å²) in [5, 5.41) is 39.1. The van der Waals surface area contributed by atoms with Gasteiger partial charge in [-0.05, 0) is 0 Å². The zero-order chi connectivity index (χ0) is 17.0. The molecule has 0 aliphatic carbocycles. The maximum atomic E-state index is 11.6. The Labute approximate surface area is 133 Å². The predicted molar refractivity (Wildman–Crippen MR) is 76.5 cm³/mol. The molecule has 3 aliphatic heterocycles. The minimum Gasteiger partial charge on any atom is -0.394 e. The number of nitro groups is 1. The number of nitrogens with two attached hydrogens (primary N) is 1. The number of fused-ring (bicyclic) bond motifs is 1. The van der Waals surface area contributed by atoms with E-state index in [0.717, 1.165) is 11.2 Å². The van der Waals surface area contributed by atoms with Gasteiger partial charge in [0.05, 0.1) is 11.5 Å². The highest BCUT2D eigenvalue weighted by molar-refractivity contribution is 6.56. The number of aliphatic imine (C=N–C) groups is 3. The van der Waals surface area contributed by atoms with Crippen molar-refractivity contribution >= 4 is 29.5 Å². The van der Waals surface area contributed by atoms with Crippen molar-refractivity contribution in [2.45, 2.75) is 29.3 Å². The monoisotopic (exact) mass is 348 g/mol. The molecule has 5 atom stereocenters. The average molecular weight is 349 g/mol. The lowest BCUT2D eigenvalue weighted by atomic mass is 10.1. The van der Waals surface area contributed by atoms with Gasteiger partial charge in [0, 0.05) is 0 Å². The first kappa shape index (κ1) is 16.2. The molecule has 0 bridgehead atoms. The van der Waals surface area contributed by atoms with Gasteiger partial charge in [0.25, 0.3) is 0 Å². The molecule has 5 N–H and O–H groups in total. The molecule has 126 valence electrons. The Morgan fingerprint density at radius 2 is 2.30 bits per heavy atom. The topological polar surface area (TPSA) is 179 Å². The second kappa shape index (κ2) is 5.15. The van der Waals surface area contributed by atoms with Crippen molar-refractivity contribution in [2.75, 3.05) is 13.3 Å². The third kappa shape index (κ3) is 2.07. The van der Waals surface area contributed by atoms with Crippen molar-refractivity contribution in [1.82, 2.24) is 4.90 Å². The third-order valence-electron chi connectivity index (χ3n) is 3.84. The second-order valence-corrected chi connectivity index (χ2v) is 5.71. The molecule has 1 unspecified atom stereocenters. The molecule has 3 rings (SSSR count). The summed E-state index contributed by atoms with van der Waals surface area (Å²) in [6.07, 6.45) is -3.98. The van der Waals surface area contributed by atoms with Crippen LogP contribution in [0.1, 0.15) is 0 Å². The number of halogens is 1. The van der Waals surface area contributed by atoms with Crippen LogP contribution in [-0.2, 0) is 4.74 Å². The summed E-state index contributed by atoms with van der Waals surface area (Å²) >= 11 is 5.97. The van der Waals surface area contributed by atoms with Gasteiger partial charge in [0.1, 0.15) is 30.9 Å². The fourth-order valence-electron chi connectivity index (χ4n) is 2.69. The predicted octanol–water partition coefficient (Wildman–Crippen LogP) is -2.96. The first-order valence-electron chi connectivity index (χ1n) is 6.47. The van der Waals surface area contributed by atoms with Gasteiger partial charge in [0.2, 0.25) is 11.2 Å². The Bertz CT molecular complexity index is 637. The van der Waals surface area contributed by atoms with E-state index in [9.17, 15) is 20.3 Å². The summed E-state index contributed by atoms with van der Waals surface area (Å²) in [5.41, 5.74) is 5.70. The lowest BCUT2D eigenvalue weighted by molar-refractivity contribution is -0.663. The molecule has 3 heterocycles. The SMILES string of the molecule is NC1(Cl)N=CN=C2C1=NCN2[C@]1([N+](=O)[O-])O[C@H](CO)[C@@H](O)[C@H]1O. The van der Waals surface area contributed by atoms with Crippen molar-refractivity contribution in [2.24, 2.45) is 20.7 Å². The zero-order valence-corrected chi connectivity index (χ0v) is 12.2. The van der Waals surface area contributed by atoms with E-state index in [2.05, 4.69) is 15.0 Å².